The van der Waals surface area contributed by atoms with Gasteiger partial charge in [-0.15, -0.1) is 0 Å². The Kier molecular flexibility index (Phi) is 4.91. The number of H-pyrrole nitrogens is 1. The molecule has 0 saturated carbocycles. The fraction of sp³-hybridized carbons (Fsp3) is 0.130. The maximum atomic E-state index is 12.5. The molecule has 28 heavy (non-hydrogen) atoms. The van der Waals surface area contributed by atoms with Crippen molar-refractivity contribution in [1.82, 2.24) is 9.97 Å². The molecule has 0 aliphatic carbocycles. The second-order valence-electron chi connectivity index (χ2n) is 6.91. The first-order chi connectivity index (χ1) is 13.6. The Bertz CT molecular complexity index is 1120. The van der Waals surface area contributed by atoms with Crippen LogP contribution in [0, 0.1) is 6.92 Å². The molecule has 5 heteroatoms. The van der Waals surface area contributed by atoms with Crippen molar-refractivity contribution in [3.63, 3.8) is 0 Å². The molecular formula is C23H22N4O. The Morgan fingerprint density at radius 2 is 1.93 bits per heavy atom. The molecule has 0 saturated heterocycles. The molecule has 0 spiro atoms. The van der Waals surface area contributed by atoms with Gasteiger partial charge in [0.25, 0.3) is 0 Å². The van der Waals surface area contributed by atoms with Crippen LogP contribution in [0.2, 0.25) is 0 Å². The zero-order chi connectivity index (χ0) is 19.5. The number of aryl methyl sites for hydroxylation is 1. The molecule has 1 amide bonds. The highest BCUT2D eigenvalue weighted by Gasteiger charge is 2.15. The minimum atomic E-state index is -0.595. The molecule has 2 aromatic heterocycles. The zero-order valence-corrected chi connectivity index (χ0v) is 15.6. The minimum Gasteiger partial charge on any atom is -0.346 e. The number of nitrogens with zero attached hydrogens (tertiary/aromatic N) is 1. The molecule has 0 fully saturated rings. The molecule has 0 aliphatic heterocycles. The maximum Gasteiger partial charge on any atom is 0.241 e. The normalized spacial score (nSPS) is 12.1. The number of carbonyl (C=O) groups excluding carboxylic acids is 1. The summed E-state index contributed by atoms with van der Waals surface area (Å²) in [4.78, 5) is 20.0. The number of aromatic amines is 1. The fourth-order valence-corrected chi connectivity index (χ4v) is 3.44. The van der Waals surface area contributed by atoms with E-state index in [1.807, 2.05) is 73.8 Å². The number of pyridine rings is 1. The van der Waals surface area contributed by atoms with Crippen molar-refractivity contribution in [1.29, 1.82) is 0 Å². The number of hydrogen-bond acceptors (Lipinski definition) is 3. The number of hydrogen-bond donors (Lipinski definition) is 3. The average molecular weight is 370 g/mol. The van der Waals surface area contributed by atoms with Crippen LogP contribution >= 0.6 is 0 Å². The van der Waals surface area contributed by atoms with Gasteiger partial charge >= 0.3 is 0 Å². The average Bonchev–Trinajstić information content (AvgIpc) is 3.18. The van der Waals surface area contributed by atoms with Gasteiger partial charge in [-0.1, -0.05) is 36.4 Å². The lowest BCUT2D eigenvalue weighted by atomic mass is 9.98. The van der Waals surface area contributed by atoms with Crippen molar-refractivity contribution in [3.8, 4) is 11.1 Å². The van der Waals surface area contributed by atoms with E-state index in [4.69, 9.17) is 5.73 Å². The van der Waals surface area contributed by atoms with Crippen molar-refractivity contribution in [2.75, 3.05) is 5.32 Å². The third-order valence-electron chi connectivity index (χ3n) is 4.88. The molecule has 140 valence electrons. The predicted molar refractivity (Wildman–Crippen MR) is 113 cm³/mol. The number of anilines is 1. The highest BCUT2D eigenvalue weighted by molar-refractivity contribution is 5.97. The first-order valence-corrected chi connectivity index (χ1v) is 9.25. The molecule has 4 N–H and O–H groups in total. The standard InChI is InChI=1S/C23H22N4O/c1-15-13-17(27-23(28)21(24)14-16-5-3-2-4-6-16)7-8-18(15)19-9-11-25-22-20(19)10-12-26-22/h2-13,21H,14,24H2,1H3,(H,25,26)(H,27,28). The third-order valence-corrected chi connectivity index (χ3v) is 4.88. The summed E-state index contributed by atoms with van der Waals surface area (Å²) in [6.45, 7) is 2.04. The molecule has 4 rings (SSSR count). The van der Waals surface area contributed by atoms with Crippen LogP contribution in [0.25, 0.3) is 22.2 Å². The number of fused-ring (bicyclic) bond motifs is 1. The molecular weight excluding hydrogens is 348 g/mol. The Labute approximate surface area is 163 Å². The van der Waals surface area contributed by atoms with Crippen LogP contribution in [-0.2, 0) is 11.2 Å². The molecule has 4 aromatic rings. The van der Waals surface area contributed by atoms with Crippen molar-refractivity contribution < 1.29 is 4.79 Å². The summed E-state index contributed by atoms with van der Waals surface area (Å²) >= 11 is 0. The topological polar surface area (TPSA) is 83.8 Å². The van der Waals surface area contributed by atoms with Gasteiger partial charge in [-0.05, 0) is 59.9 Å². The predicted octanol–water partition coefficient (Wildman–Crippen LogP) is 4.05. The number of aromatic nitrogens is 2. The number of nitrogens with one attached hydrogen (secondary N) is 2. The Balaban J connectivity index is 1.52. The van der Waals surface area contributed by atoms with E-state index in [-0.39, 0.29) is 5.91 Å². The fourth-order valence-electron chi connectivity index (χ4n) is 3.44. The molecule has 2 heterocycles. The summed E-state index contributed by atoms with van der Waals surface area (Å²) in [5.74, 6) is -0.187. The van der Waals surface area contributed by atoms with Gasteiger partial charge < -0.3 is 16.0 Å². The van der Waals surface area contributed by atoms with Crippen molar-refractivity contribution >= 4 is 22.6 Å². The highest BCUT2D eigenvalue weighted by Crippen LogP contribution is 2.31. The summed E-state index contributed by atoms with van der Waals surface area (Å²) in [7, 11) is 0. The van der Waals surface area contributed by atoms with E-state index >= 15 is 0 Å². The van der Waals surface area contributed by atoms with Crippen molar-refractivity contribution in [2.45, 2.75) is 19.4 Å². The summed E-state index contributed by atoms with van der Waals surface area (Å²) < 4.78 is 0. The van der Waals surface area contributed by atoms with E-state index < -0.39 is 6.04 Å². The molecule has 0 radical (unpaired) electrons. The zero-order valence-electron chi connectivity index (χ0n) is 15.6. The number of carbonyl (C=O) groups is 1. The van der Waals surface area contributed by atoms with Crippen LogP contribution in [0.1, 0.15) is 11.1 Å². The second-order valence-corrected chi connectivity index (χ2v) is 6.91. The van der Waals surface area contributed by atoms with Crippen LogP contribution < -0.4 is 11.1 Å². The van der Waals surface area contributed by atoms with Gasteiger partial charge in [-0.3, -0.25) is 4.79 Å². The third kappa shape index (κ3) is 3.66. The monoisotopic (exact) mass is 370 g/mol. The smallest absolute Gasteiger partial charge is 0.241 e. The minimum absolute atomic E-state index is 0.187. The van der Waals surface area contributed by atoms with E-state index in [1.54, 1.807) is 6.20 Å². The first-order valence-electron chi connectivity index (χ1n) is 9.25. The quantitative estimate of drug-likeness (QED) is 0.496. The van der Waals surface area contributed by atoms with E-state index in [2.05, 4.69) is 15.3 Å². The van der Waals surface area contributed by atoms with Gasteiger partial charge in [0.1, 0.15) is 5.65 Å². The first kappa shape index (κ1) is 17.9. The van der Waals surface area contributed by atoms with E-state index in [9.17, 15) is 4.79 Å². The number of benzene rings is 2. The van der Waals surface area contributed by atoms with Gasteiger partial charge in [0.05, 0.1) is 6.04 Å². The van der Waals surface area contributed by atoms with Gasteiger partial charge in [0.2, 0.25) is 5.91 Å². The van der Waals surface area contributed by atoms with Gasteiger partial charge in [-0.25, -0.2) is 4.98 Å². The summed E-state index contributed by atoms with van der Waals surface area (Å²) in [6, 6.07) is 19.1. The van der Waals surface area contributed by atoms with Gasteiger partial charge in [0, 0.05) is 23.5 Å². The van der Waals surface area contributed by atoms with E-state index in [1.165, 1.54) is 0 Å². The Morgan fingerprint density at radius 3 is 2.71 bits per heavy atom. The van der Waals surface area contributed by atoms with Gasteiger partial charge in [-0.2, -0.15) is 0 Å². The summed E-state index contributed by atoms with van der Waals surface area (Å²) in [5.41, 5.74) is 12.0. The molecule has 1 atom stereocenters. The van der Waals surface area contributed by atoms with Crippen LogP contribution in [-0.4, -0.2) is 21.9 Å². The van der Waals surface area contributed by atoms with Crippen LogP contribution in [0.15, 0.2) is 73.1 Å². The van der Waals surface area contributed by atoms with Crippen molar-refractivity contribution in [2.24, 2.45) is 5.73 Å². The summed E-state index contributed by atoms with van der Waals surface area (Å²) in [6.07, 6.45) is 4.19. The largest absolute Gasteiger partial charge is 0.346 e. The second kappa shape index (κ2) is 7.66. The van der Waals surface area contributed by atoms with Crippen LogP contribution in [0.3, 0.4) is 0 Å². The SMILES string of the molecule is Cc1cc(NC(=O)C(N)Cc2ccccc2)ccc1-c1ccnc2[nH]ccc12. The Hall–Kier alpha value is -3.44. The lowest BCUT2D eigenvalue weighted by Gasteiger charge is -2.14. The number of amides is 1. The molecule has 2 aromatic carbocycles. The van der Waals surface area contributed by atoms with Crippen LogP contribution in [0.4, 0.5) is 5.69 Å². The molecule has 1 unspecified atom stereocenters. The Morgan fingerprint density at radius 1 is 1.11 bits per heavy atom. The number of nitrogens with two attached hydrogens (primary N) is 1. The van der Waals surface area contributed by atoms with E-state index in [0.717, 1.165) is 39.0 Å². The molecule has 0 bridgehead atoms. The summed E-state index contributed by atoms with van der Waals surface area (Å²) in [5, 5.41) is 4.01. The molecule has 0 aliphatic rings. The molecule has 5 nitrogen and oxygen atoms in total. The lowest BCUT2D eigenvalue weighted by Crippen LogP contribution is -2.37. The highest BCUT2D eigenvalue weighted by atomic mass is 16.2. The van der Waals surface area contributed by atoms with Crippen LogP contribution in [0.5, 0.6) is 0 Å². The van der Waals surface area contributed by atoms with Gasteiger partial charge in [0.15, 0.2) is 0 Å². The number of rotatable bonds is 5. The van der Waals surface area contributed by atoms with E-state index in [0.29, 0.717) is 6.42 Å². The maximum absolute atomic E-state index is 12.5. The van der Waals surface area contributed by atoms with Crippen molar-refractivity contribution in [3.05, 3.63) is 84.2 Å². The lowest BCUT2D eigenvalue weighted by molar-refractivity contribution is -0.117.